The number of carbonyl (C=O) groups is 3. The van der Waals surface area contributed by atoms with E-state index in [1.807, 2.05) is 0 Å². The van der Waals surface area contributed by atoms with E-state index in [2.05, 4.69) is 16.0 Å². The summed E-state index contributed by atoms with van der Waals surface area (Å²) in [6, 6.07) is 4.51. The van der Waals surface area contributed by atoms with E-state index in [0.717, 1.165) is 0 Å². The van der Waals surface area contributed by atoms with Crippen molar-refractivity contribution in [2.45, 2.75) is 31.9 Å². The molecule has 0 bridgehead atoms. The predicted octanol–water partition coefficient (Wildman–Crippen LogP) is 0.623. The predicted molar refractivity (Wildman–Crippen MR) is 75.0 cm³/mol. The minimum atomic E-state index is -0.536. The lowest BCUT2D eigenvalue weighted by Crippen LogP contribution is -2.37. The number of rotatable bonds is 2. The molecule has 1 aromatic carbocycles. The summed E-state index contributed by atoms with van der Waals surface area (Å²) in [5.41, 5.74) is 1.06. The van der Waals surface area contributed by atoms with E-state index in [4.69, 9.17) is 4.74 Å². The van der Waals surface area contributed by atoms with Gasteiger partial charge in [0.2, 0.25) is 11.8 Å². The average Bonchev–Trinajstić information content (AvgIpc) is 2.87. The van der Waals surface area contributed by atoms with Crippen molar-refractivity contribution in [2.24, 2.45) is 0 Å². The van der Waals surface area contributed by atoms with Crippen LogP contribution in [0.3, 0.4) is 0 Å². The Morgan fingerprint density at radius 1 is 1.38 bits per heavy atom. The third-order valence-electron chi connectivity index (χ3n) is 3.49. The fraction of sp³-hybridized carbons (Fsp3) is 0.357. The number of hydrogen-bond donors (Lipinski definition) is 3. The molecule has 21 heavy (non-hydrogen) atoms. The Bertz CT molecular complexity index is 629. The number of carbonyl (C=O) groups excluding carboxylic acids is 3. The van der Waals surface area contributed by atoms with Crippen molar-refractivity contribution >= 4 is 29.1 Å². The highest BCUT2D eigenvalue weighted by atomic mass is 16.5. The van der Waals surface area contributed by atoms with E-state index in [0.29, 0.717) is 30.0 Å². The molecule has 7 heteroatoms. The first-order valence-electron chi connectivity index (χ1n) is 6.75. The van der Waals surface area contributed by atoms with E-state index in [1.165, 1.54) is 0 Å². The van der Waals surface area contributed by atoms with Gasteiger partial charge in [0.15, 0.2) is 6.10 Å². The molecule has 7 nitrogen and oxygen atoms in total. The first kappa shape index (κ1) is 13.4. The van der Waals surface area contributed by atoms with Crippen molar-refractivity contribution in [3.63, 3.8) is 0 Å². The van der Waals surface area contributed by atoms with Gasteiger partial charge >= 0.3 is 0 Å². The van der Waals surface area contributed by atoms with E-state index < -0.39 is 12.1 Å². The second kappa shape index (κ2) is 5.08. The summed E-state index contributed by atoms with van der Waals surface area (Å²) in [5.74, 6) is -0.0456. The van der Waals surface area contributed by atoms with Crippen LogP contribution in [0.25, 0.3) is 0 Å². The highest BCUT2D eigenvalue weighted by Gasteiger charge is 2.28. The highest BCUT2D eigenvalue weighted by molar-refractivity contribution is 6.01. The average molecular weight is 289 g/mol. The van der Waals surface area contributed by atoms with E-state index in [9.17, 15) is 14.4 Å². The van der Waals surface area contributed by atoms with Crippen LogP contribution in [-0.2, 0) is 14.4 Å². The van der Waals surface area contributed by atoms with Gasteiger partial charge in [0.05, 0.1) is 5.69 Å². The first-order chi connectivity index (χ1) is 10.0. The minimum Gasteiger partial charge on any atom is -0.479 e. The fourth-order valence-corrected chi connectivity index (χ4v) is 2.33. The fourth-order valence-electron chi connectivity index (χ4n) is 2.33. The Hall–Kier alpha value is -2.57. The molecule has 3 N–H and O–H groups in total. The molecular weight excluding hydrogens is 274 g/mol. The van der Waals surface area contributed by atoms with E-state index in [-0.39, 0.29) is 17.7 Å². The zero-order valence-electron chi connectivity index (χ0n) is 11.4. The lowest BCUT2D eigenvalue weighted by atomic mass is 10.2. The van der Waals surface area contributed by atoms with Gasteiger partial charge in [-0.15, -0.1) is 0 Å². The molecule has 2 atom stereocenters. The Kier molecular flexibility index (Phi) is 3.25. The molecule has 2 aliphatic rings. The number of fused-ring (bicyclic) bond motifs is 1. The Morgan fingerprint density at radius 2 is 2.19 bits per heavy atom. The molecule has 2 aliphatic heterocycles. The summed E-state index contributed by atoms with van der Waals surface area (Å²) >= 11 is 0. The maximum absolute atomic E-state index is 12.0. The van der Waals surface area contributed by atoms with Crippen LogP contribution in [-0.4, -0.2) is 29.9 Å². The van der Waals surface area contributed by atoms with E-state index in [1.54, 1.807) is 25.1 Å². The molecule has 3 amide bonds. The largest absolute Gasteiger partial charge is 0.479 e. The second-order valence-electron chi connectivity index (χ2n) is 5.11. The van der Waals surface area contributed by atoms with Crippen molar-refractivity contribution < 1.29 is 19.1 Å². The third kappa shape index (κ3) is 2.67. The maximum Gasteiger partial charge on any atom is 0.265 e. The number of amides is 3. The Morgan fingerprint density at radius 3 is 2.90 bits per heavy atom. The van der Waals surface area contributed by atoms with Gasteiger partial charge in [-0.3, -0.25) is 14.4 Å². The molecule has 3 rings (SSSR count). The standard InChI is InChI=1S/C14H15N3O4/c1-7-13(19)17-10-6-8(2-4-11(10)21-7)15-14(20)9-3-5-12(18)16-9/h2,4,6-7,9H,3,5H2,1H3,(H,15,20)(H,16,18)(H,17,19). The summed E-state index contributed by atoms with van der Waals surface area (Å²) < 4.78 is 5.44. The lowest BCUT2D eigenvalue weighted by Gasteiger charge is -2.23. The number of hydrogen-bond acceptors (Lipinski definition) is 4. The van der Waals surface area contributed by atoms with Crippen LogP contribution in [0.2, 0.25) is 0 Å². The summed E-state index contributed by atoms with van der Waals surface area (Å²) in [6.45, 7) is 1.66. The molecule has 0 saturated carbocycles. The van der Waals surface area contributed by atoms with Crippen LogP contribution in [0.1, 0.15) is 19.8 Å². The molecule has 1 saturated heterocycles. The monoisotopic (exact) mass is 289 g/mol. The topological polar surface area (TPSA) is 96.5 Å². The van der Waals surface area contributed by atoms with Crippen LogP contribution < -0.4 is 20.7 Å². The summed E-state index contributed by atoms with van der Waals surface area (Å²) in [4.78, 5) is 34.7. The van der Waals surface area contributed by atoms with Gasteiger partial charge in [0.25, 0.3) is 5.91 Å². The number of nitrogens with one attached hydrogen (secondary N) is 3. The van der Waals surface area contributed by atoms with Crippen LogP contribution >= 0.6 is 0 Å². The zero-order valence-corrected chi connectivity index (χ0v) is 11.4. The van der Waals surface area contributed by atoms with Gasteiger partial charge in [-0.25, -0.2) is 0 Å². The molecule has 2 heterocycles. The zero-order chi connectivity index (χ0) is 15.0. The quantitative estimate of drug-likeness (QED) is 0.743. The van der Waals surface area contributed by atoms with Crippen molar-refractivity contribution in [2.75, 3.05) is 10.6 Å². The molecule has 0 radical (unpaired) electrons. The number of ether oxygens (including phenoxy) is 1. The summed E-state index contributed by atoms with van der Waals surface area (Å²) in [5, 5.41) is 8.04. The molecule has 0 aliphatic carbocycles. The third-order valence-corrected chi connectivity index (χ3v) is 3.49. The molecule has 0 aromatic heterocycles. The number of benzene rings is 1. The Balaban J connectivity index is 1.72. The molecule has 1 fully saturated rings. The molecule has 2 unspecified atom stereocenters. The summed E-state index contributed by atoms with van der Waals surface area (Å²) in [7, 11) is 0. The smallest absolute Gasteiger partial charge is 0.265 e. The molecule has 1 aromatic rings. The highest BCUT2D eigenvalue weighted by Crippen LogP contribution is 2.32. The van der Waals surface area contributed by atoms with Gasteiger partial charge in [-0.1, -0.05) is 0 Å². The van der Waals surface area contributed by atoms with Gasteiger partial charge < -0.3 is 20.7 Å². The summed E-state index contributed by atoms with van der Waals surface area (Å²) in [6.07, 6.45) is 0.323. The van der Waals surface area contributed by atoms with Crippen molar-refractivity contribution in [3.8, 4) is 5.75 Å². The van der Waals surface area contributed by atoms with E-state index >= 15 is 0 Å². The van der Waals surface area contributed by atoms with Gasteiger partial charge in [0, 0.05) is 12.1 Å². The lowest BCUT2D eigenvalue weighted by molar-refractivity contribution is -0.123. The van der Waals surface area contributed by atoms with Crippen molar-refractivity contribution in [3.05, 3.63) is 18.2 Å². The van der Waals surface area contributed by atoms with Crippen molar-refractivity contribution in [1.29, 1.82) is 0 Å². The second-order valence-corrected chi connectivity index (χ2v) is 5.11. The Labute approximate surface area is 121 Å². The van der Waals surface area contributed by atoms with Crippen LogP contribution in [0.5, 0.6) is 5.75 Å². The van der Waals surface area contributed by atoms with Crippen LogP contribution in [0, 0.1) is 0 Å². The SMILES string of the molecule is CC1Oc2ccc(NC(=O)C3CCC(=O)N3)cc2NC1=O. The van der Waals surface area contributed by atoms with Gasteiger partial charge in [0.1, 0.15) is 11.8 Å². The molecular formula is C14H15N3O4. The maximum atomic E-state index is 12.0. The van der Waals surface area contributed by atoms with Crippen molar-refractivity contribution in [1.82, 2.24) is 5.32 Å². The molecule has 110 valence electrons. The molecule has 0 spiro atoms. The van der Waals surface area contributed by atoms with Crippen LogP contribution in [0.15, 0.2) is 18.2 Å². The normalized spacial score (nSPS) is 23.7. The number of anilines is 2. The first-order valence-corrected chi connectivity index (χ1v) is 6.75. The van der Waals surface area contributed by atoms with Gasteiger partial charge in [-0.2, -0.15) is 0 Å². The van der Waals surface area contributed by atoms with Crippen LogP contribution in [0.4, 0.5) is 11.4 Å². The minimum absolute atomic E-state index is 0.116. The van der Waals surface area contributed by atoms with Gasteiger partial charge in [-0.05, 0) is 31.5 Å².